The van der Waals surface area contributed by atoms with Crippen molar-refractivity contribution in [2.45, 2.75) is 92.1 Å². The maximum atomic E-state index is 12.8. The molecule has 0 aliphatic heterocycles. The second-order valence-electron chi connectivity index (χ2n) is 14.1. The molecule has 10 atom stereocenters. The van der Waals surface area contributed by atoms with Crippen LogP contribution in [0.2, 0.25) is 0 Å². The van der Waals surface area contributed by atoms with E-state index >= 15 is 0 Å². The van der Waals surface area contributed by atoms with E-state index in [0.717, 1.165) is 37.7 Å². The van der Waals surface area contributed by atoms with Gasteiger partial charge in [-0.15, -0.1) is 0 Å². The SMILES string of the molecule is C[C@@H]1CC[C@]2(C(=O)O)CC[C@]3(C)C(=CC[C@@H]4[C@@]5(C)C(CO)=C[C@@](C)(CO)[C@@H]5CC[C@]43C)[C@@H]2[C@]1(C)O. The first-order valence-corrected chi connectivity index (χ1v) is 13.8. The van der Waals surface area contributed by atoms with E-state index in [4.69, 9.17) is 0 Å². The van der Waals surface area contributed by atoms with Crippen LogP contribution in [0.4, 0.5) is 0 Å². The fourth-order valence-electron chi connectivity index (χ4n) is 10.6. The van der Waals surface area contributed by atoms with Crippen LogP contribution in [0.1, 0.15) is 86.5 Å². The number of aliphatic carboxylic acids is 1. The predicted molar refractivity (Wildman–Crippen MR) is 135 cm³/mol. The van der Waals surface area contributed by atoms with Gasteiger partial charge in [-0.3, -0.25) is 4.79 Å². The summed E-state index contributed by atoms with van der Waals surface area (Å²) in [5, 5.41) is 43.2. The summed E-state index contributed by atoms with van der Waals surface area (Å²) in [5.41, 5.74) is -0.560. The van der Waals surface area contributed by atoms with Crippen LogP contribution in [-0.2, 0) is 4.79 Å². The molecule has 196 valence electrons. The van der Waals surface area contributed by atoms with Gasteiger partial charge in [0, 0.05) is 11.3 Å². The smallest absolute Gasteiger partial charge is 0.310 e. The molecule has 0 aromatic heterocycles. The van der Waals surface area contributed by atoms with Crippen molar-refractivity contribution in [3.63, 3.8) is 0 Å². The molecule has 0 radical (unpaired) electrons. The minimum atomic E-state index is -1.06. The van der Waals surface area contributed by atoms with E-state index in [-0.39, 0.29) is 58.5 Å². The molecule has 0 bridgehead atoms. The molecule has 0 saturated heterocycles. The summed E-state index contributed by atoms with van der Waals surface area (Å²) in [6, 6.07) is 0. The highest BCUT2D eigenvalue weighted by Crippen LogP contribution is 2.76. The van der Waals surface area contributed by atoms with Crippen LogP contribution >= 0.6 is 0 Å². The molecule has 4 N–H and O–H groups in total. The molecule has 0 spiro atoms. The van der Waals surface area contributed by atoms with E-state index in [1.807, 2.05) is 6.92 Å². The Morgan fingerprint density at radius 2 is 1.69 bits per heavy atom. The van der Waals surface area contributed by atoms with Crippen LogP contribution < -0.4 is 0 Å². The normalized spacial score (nSPS) is 55.1. The summed E-state index contributed by atoms with van der Waals surface area (Å²) in [4.78, 5) is 12.8. The highest BCUT2D eigenvalue weighted by Gasteiger charge is 2.71. The molecule has 35 heavy (non-hydrogen) atoms. The summed E-state index contributed by atoms with van der Waals surface area (Å²) in [7, 11) is 0. The van der Waals surface area contributed by atoms with E-state index in [0.29, 0.717) is 12.8 Å². The van der Waals surface area contributed by atoms with E-state index in [2.05, 4.69) is 46.8 Å². The lowest BCUT2D eigenvalue weighted by atomic mass is 9.34. The Bertz CT molecular complexity index is 997. The van der Waals surface area contributed by atoms with Crippen molar-refractivity contribution < 1.29 is 25.2 Å². The van der Waals surface area contributed by atoms with E-state index in [1.165, 1.54) is 5.57 Å². The van der Waals surface area contributed by atoms with Crippen LogP contribution in [0.25, 0.3) is 0 Å². The van der Waals surface area contributed by atoms with Crippen LogP contribution in [0.15, 0.2) is 23.3 Å². The number of aliphatic hydroxyl groups excluding tert-OH is 2. The zero-order valence-electron chi connectivity index (χ0n) is 22.5. The molecule has 0 aromatic carbocycles. The quantitative estimate of drug-likeness (QED) is 0.423. The Balaban J connectivity index is 1.67. The van der Waals surface area contributed by atoms with Gasteiger partial charge in [0.05, 0.1) is 24.2 Å². The van der Waals surface area contributed by atoms with Gasteiger partial charge in [0.1, 0.15) is 0 Å². The first-order valence-electron chi connectivity index (χ1n) is 13.8. The average molecular weight is 487 g/mol. The minimum Gasteiger partial charge on any atom is -0.481 e. The standard InChI is InChI=1S/C30H46O5/c1-18-9-12-30(24(33)34)14-13-26(3)20(23(30)29(18,6)35)7-8-22-27(26,4)11-10-21-25(2,17-32)15-19(16-31)28(21,22)5/h7,15,18,21-23,31-32,35H,8-14,16-17H2,1-6H3,(H,33,34)/t18-,21+,22+,23-,25+,26-,27-,28+,29-,30+/m1/s1. The van der Waals surface area contributed by atoms with Gasteiger partial charge in [0.15, 0.2) is 0 Å². The maximum absolute atomic E-state index is 12.8. The van der Waals surface area contributed by atoms with Gasteiger partial charge in [0.25, 0.3) is 0 Å². The molecule has 5 aliphatic carbocycles. The van der Waals surface area contributed by atoms with Crippen molar-refractivity contribution in [1.82, 2.24) is 0 Å². The molecular formula is C30H46O5. The lowest BCUT2D eigenvalue weighted by molar-refractivity contribution is -0.198. The van der Waals surface area contributed by atoms with E-state index in [1.54, 1.807) is 0 Å². The third kappa shape index (κ3) is 2.79. The number of carbonyl (C=O) groups is 1. The number of rotatable bonds is 3. The molecule has 0 unspecified atom stereocenters. The van der Waals surface area contributed by atoms with Crippen molar-refractivity contribution in [2.24, 2.45) is 50.7 Å². The number of hydrogen-bond donors (Lipinski definition) is 4. The molecule has 0 heterocycles. The Hall–Kier alpha value is -1.17. The molecule has 5 heteroatoms. The molecule has 5 rings (SSSR count). The molecule has 0 amide bonds. The second-order valence-corrected chi connectivity index (χ2v) is 14.1. The summed E-state index contributed by atoms with van der Waals surface area (Å²) < 4.78 is 0. The van der Waals surface area contributed by atoms with E-state index < -0.39 is 17.0 Å². The first kappa shape index (κ1) is 25.5. The largest absolute Gasteiger partial charge is 0.481 e. The summed E-state index contributed by atoms with van der Waals surface area (Å²) in [6.07, 6.45) is 10.1. The number of hydrogen-bond acceptors (Lipinski definition) is 4. The average Bonchev–Trinajstić information content (AvgIpc) is 3.03. The molecule has 3 saturated carbocycles. The Kier molecular flexibility index (Phi) is 5.42. The Morgan fingerprint density at radius 3 is 2.29 bits per heavy atom. The molecule has 5 aliphatic rings. The zero-order chi connectivity index (χ0) is 25.8. The van der Waals surface area contributed by atoms with Crippen molar-refractivity contribution in [2.75, 3.05) is 13.2 Å². The first-order chi connectivity index (χ1) is 16.2. The van der Waals surface area contributed by atoms with Crippen LogP contribution in [-0.4, -0.2) is 45.2 Å². The van der Waals surface area contributed by atoms with Gasteiger partial charge in [-0.2, -0.15) is 0 Å². The lowest BCUT2D eigenvalue weighted by Gasteiger charge is -2.69. The van der Waals surface area contributed by atoms with E-state index in [9.17, 15) is 25.2 Å². The number of carboxylic acid groups (broad SMARTS) is 1. The Labute approximate surface area is 210 Å². The minimum absolute atomic E-state index is 0.0133. The van der Waals surface area contributed by atoms with Gasteiger partial charge in [-0.25, -0.2) is 0 Å². The van der Waals surface area contributed by atoms with Crippen molar-refractivity contribution in [3.05, 3.63) is 23.3 Å². The van der Waals surface area contributed by atoms with Crippen LogP contribution in [0, 0.1) is 50.7 Å². The fraction of sp³-hybridized carbons (Fsp3) is 0.833. The van der Waals surface area contributed by atoms with Crippen LogP contribution in [0.5, 0.6) is 0 Å². The van der Waals surface area contributed by atoms with Gasteiger partial charge < -0.3 is 20.4 Å². The topological polar surface area (TPSA) is 98.0 Å². The lowest BCUT2D eigenvalue weighted by Crippen LogP contribution is -2.66. The predicted octanol–water partition coefficient (Wildman–Crippen LogP) is 4.95. The number of allylic oxidation sites excluding steroid dienone is 1. The van der Waals surface area contributed by atoms with Crippen molar-refractivity contribution >= 4 is 5.97 Å². The van der Waals surface area contributed by atoms with Gasteiger partial charge in [-0.05, 0) is 91.4 Å². The highest BCUT2D eigenvalue weighted by molar-refractivity contribution is 5.77. The molecular weight excluding hydrogens is 440 g/mol. The second kappa shape index (κ2) is 7.45. The number of aliphatic hydroxyl groups is 3. The molecule has 3 fully saturated rings. The third-order valence-corrected chi connectivity index (χ3v) is 13.1. The number of carboxylic acids is 1. The van der Waals surface area contributed by atoms with Gasteiger partial charge in [0.2, 0.25) is 0 Å². The Morgan fingerprint density at radius 1 is 1.00 bits per heavy atom. The van der Waals surface area contributed by atoms with Crippen molar-refractivity contribution in [3.8, 4) is 0 Å². The zero-order valence-corrected chi connectivity index (χ0v) is 22.5. The summed E-state index contributed by atoms with van der Waals surface area (Å²) in [5.74, 6) is -0.514. The number of fused-ring (bicyclic) bond motifs is 7. The highest BCUT2D eigenvalue weighted by atomic mass is 16.4. The summed E-state index contributed by atoms with van der Waals surface area (Å²) in [6.45, 7) is 13.3. The summed E-state index contributed by atoms with van der Waals surface area (Å²) >= 11 is 0. The van der Waals surface area contributed by atoms with Gasteiger partial charge >= 0.3 is 5.97 Å². The van der Waals surface area contributed by atoms with Gasteiger partial charge in [-0.1, -0.05) is 52.3 Å². The molecule has 5 nitrogen and oxygen atoms in total. The fourth-order valence-corrected chi connectivity index (χ4v) is 10.6. The maximum Gasteiger partial charge on any atom is 0.310 e. The molecule has 0 aromatic rings. The van der Waals surface area contributed by atoms with Crippen molar-refractivity contribution in [1.29, 1.82) is 0 Å². The third-order valence-electron chi connectivity index (χ3n) is 13.1. The monoisotopic (exact) mass is 486 g/mol. The van der Waals surface area contributed by atoms with Crippen LogP contribution in [0.3, 0.4) is 0 Å².